The van der Waals surface area contributed by atoms with E-state index in [9.17, 15) is 14.7 Å². The van der Waals surface area contributed by atoms with Gasteiger partial charge in [-0.2, -0.15) is 0 Å². The van der Waals surface area contributed by atoms with E-state index in [4.69, 9.17) is 18.9 Å². The van der Waals surface area contributed by atoms with Crippen molar-refractivity contribution in [2.24, 2.45) is 0 Å². The molecule has 0 saturated carbocycles. The molecule has 0 spiro atoms. The van der Waals surface area contributed by atoms with E-state index in [1.165, 1.54) is 40.4 Å². The van der Waals surface area contributed by atoms with Crippen molar-refractivity contribution in [3.8, 4) is 28.7 Å². The molecule has 7 nitrogen and oxygen atoms in total. The minimum Gasteiger partial charge on any atom is -0.507 e. The molecule has 0 aromatic heterocycles. The summed E-state index contributed by atoms with van der Waals surface area (Å²) in [6.07, 6.45) is -0.0201. The number of methoxy groups -OCH3 is 3. The van der Waals surface area contributed by atoms with Gasteiger partial charge in [-0.15, -0.1) is 0 Å². The highest BCUT2D eigenvalue weighted by atomic mass is 16.5. The summed E-state index contributed by atoms with van der Waals surface area (Å²) in [7, 11) is 4.51. The maximum Gasteiger partial charge on any atom is 0.312 e. The fraction of sp³-hybridized carbons (Fsp3) is 0.300. The third kappa shape index (κ3) is 3.16. The Kier molecular flexibility index (Phi) is 4.94. The van der Waals surface area contributed by atoms with Crippen LogP contribution in [0.25, 0.3) is 0 Å². The lowest BCUT2D eigenvalue weighted by atomic mass is 9.83. The van der Waals surface area contributed by atoms with E-state index in [0.29, 0.717) is 28.4 Å². The molecule has 1 aliphatic heterocycles. The number of ether oxygens (including phenoxy) is 4. The van der Waals surface area contributed by atoms with Crippen molar-refractivity contribution in [1.29, 1.82) is 0 Å². The standard InChI is InChI=1S/C20H20O7/c1-10(21)11-5-6-14-19(20(11)23)13(8-18(22)27-14)12-7-16(25-3)17(26-4)9-15(12)24-2/h5-7,9,13,23H,8H2,1-4H3. The van der Waals surface area contributed by atoms with Gasteiger partial charge in [-0.1, -0.05) is 0 Å². The summed E-state index contributed by atoms with van der Waals surface area (Å²) in [6.45, 7) is 1.36. The minimum absolute atomic E-state index is 0.0201. The van der Waals surface area contributed by atoms with Gasteiger partial charge in [-0.3, -0.25) is 9.59 Å². The number of phenols is 1. The first kappa shape index (κ1) is 18.6. The predicted octanol–water partition coefficient (Wildman–Crippen LogP) is 3.06. The normalized spacial score (nSPS) is 15.6. The van der Waals surface area contributed by atoms with Crippen LogP contribution in [-0.4, -0.2) is 38.2 Å². The lowest BCUT2D eigenvalue weighted by Crippen LogP contribution is -2.22. The third-order valence-corrected chi connectivity index (χ3v) is 4.61. The first-order chi connectivity index (χ1) is 12.9. The fourth-order valence-electron chi connectivity index (χ4n) is 3.32. The fourth-order valence-corrected chi connectivity index (χ4v) is 3.32. The monoisotopic (exact) mass is 372 g/mol. The third-order valence-electron chi connectivity index (χ3n) is 4.61. The summed E-state index contributed by atoms with van der Waals surface area (Å²) in [6, 6.07) is 6.31. The van der Waals surface area contributed by atoms with E-state index in [2.05, 4.69) is 0 Å². The van der Waals surface area contributed by atoms with Gasteiger partial charge in [-0.05, 0) is 25.1 Å². The summed E-state index contributed by atoms with van der Waals surface area (Å²) < 4.78 is 21.4. The number of benzene rings is 2. The lowest BCUT2D eigenvalue weighted by Gasteiger charge is -2.28. The number of fused-ring (bicyclic) bond motifs is 1. The molecule has 142 valence electrons. The molecule has 1 atom stereocenters. The maximum atomic E-state index is 12.1. The maximum absolute atomic E-state index is 12.1. The highest BCUT2D eigenvalue weighted by molar-refractivity contribution is 5.98. The smallest absolute Gasteiger partial charge is 0.312 e. The number of rotatable bonds is 5. The van der Waals surface area contributed by atoms with Crippen LogP contribution in [-0.2, 0) is 4.79 Å². The number of carbonyl (C=O) groups excluding carboxylic acids is 2. The van der Waals surface area contributed by atoms with Gasteiger partial charge in [-0.25, -0.2) is 0 Å². The molecule has 0 saturated heterocycles. The van der Waals surface area contributed by atoms with Crippen LogP contribution in [0.4, 0.5) is 0 Å². The van der Waals surface area contributed by atoms with Crippen LogP contribution >= 0.6 is 0 Å². The quantitative estimate of drug-likeness (QED) is 0.490. The molecular formula is C20H20O7. The number of ketones is 1. The average molecular weight is 372 g/mol. The number of Topliss-reactive ketones (excluding diaryl/α,β-unsaturated/α-hetero) is 1. The Morgan fingerprint density at radius 2 is 1.70 bits per heavy atom. The molecule has 1 heterocycles. The molecule has 0 aliphatic carbocycles. The zero-order chi connectivity index (χ0) is 19.7. The molecule has 1 unspecified atom stereocenters. The molecule has 2 aromatic carbocycles. The minimum atomic E-state index is -0.574. The summed E-state index contributed by atoms with van der Waals surface area (Å²) in [4.78, 5) is 24.0. The van der Waals surface area contributed by atoms with Crippen molar-refractivity contribution in [3.63, 3.8) is 0 Å². The van der Waals surface area contributed by atoms with Crippen LogP contribution in [0.15, 0.2) is 24.3 Å². The zero-order valence-corrected chi connectivity index (χ0v) is 15.5. The zero-order valence-electron chi connectivity index (χ0n) is 15.5. The van der Waals surface area contributed by atoms with Crippen LogP contribution in [0.3, 0.4) is 0 Å². The van der Waals surface area contributed by atoms with Gasteiger partial charge in [0.1, 0.15) is 17.2 Å². The largest absolute Gasteiger partial charge is 0.507 e. The van der Waals surface area contributed by atoms with Crippen molar-refractivity contribution in [2.45, 2.75) is 19.3 Å². The van der Waals surface area contributed by atoms with E-state index >= 15 is 0 Å². The summed E-state index contributed by atoms with van der Waals surface area (Å²) in [5.41, 5.74) is 1.15. The predicted molar refractivity (Wildman–Crippen MR) is 96.3 cm³/mol. The van der Waals surface area contributed by atoms with Crippen molar-refractivity contribution < 1.29 is 33.6 Å². The van der Waals surface area contributed by atoms with Gasteiger partial charge < -0.3 is 24.1 Å². The van der Waals surface area contributed by atoms with E-state index in [-0.39, 0.29) is 29.3 Å². The number of carbonyl (C=O) groups is 2. The Morgan fingerprint density at radius 1 is 1.07 bits per heavy atom. The first-order valence-electron chi connectivity index (χ1n) is 8.28. The lowest BCUT2D eigenvalue weighted by molar-refractivity contribution is -0.135. The molecule has 3 rings (SSSR count). The van der Waals surface area contributed by atoms with Gasteiger partial charge in [0.25, 0.3) is 0 Å². The van der Waals surface area contributed by atoms with Gasteiger partial charge >= 0.3 is 5.97 Å². The molecule has 1 aliphatic rings. The number of hydrogen-bond acceptors (Lipinski definition) is 7. The summed E-state index contributed by atoms with van der Waals surface area (Å²) in [5, 5.41) is 10.7. The van der Waals surface area contributed by atoms with Crippen LogP contribution < -0.4 is 18.9 Å². The second-order valence-electron chi connectivity index (χ2n) is 6.11. The van der Waals surface area contributed by atoms with Gasteiger partial charge in [0.15, 0.2) is 17.3 Å². The summed E-state index contributed by atoms with van der Waals surface area (Å²) >= 11 is 0. The Bertz CT molecular complexity index is 917. The van der Waals surface area contributed by atoms with Crippen molar-refractivity contribution in [3.05, 3.63) is 41.0 Å². The van der Waals surface area contributed by atoms with Crippen LogP contribution in [0.1, 0.15) is 40.7 Å². The van der Waals surface area contributed by atoms with Gasteiger partial charge in [0, 0.05) is 23.1 Å². The van der Waals surface area contributed by atoms with Gasteiger partial charge in [0.05, 0.1) is 33.3 Å². The topological polar surface area (TPSA) is 91.3 Å². The molecule has 0 radical (unpaired) electrons. The second-order valence-corrected chi connectivity index (χ2v) is 6.11. The second kappa shape index (κ2) is 7.19. The molecule has 0 bridgehead atoms. The SMILES string of the molecule is COc1cc(OC)c(C2CC(=O)Oc3ccc(C(C)=O)c(O)c32)cc1OC. The van der Waals surface area contributed by atoms with Crippen LogP contribution in [0.5, 0.6) is 28.7 Å². The van der Waals surface area contributed by atoms with E-state index in [0.717, 1.165) is 0 Å². The number of hydrogen-bond donors (Lipinski definition) is 1. The Balaban J connectivity index is 2.26. The Labute approximate surface area is 156 Å². The Hall–Kier alpha value is -3.22. The van der Waals surface area contributed by atoms with E-state index < -0.39 is 11.9 Å². The first-order valence-corrected chi connectivity index (χ1v) is 8.28. The van der Waals surface area contributed by atoms with Crippen molar-refractivity contribution in [2.75, 3.05) is 21.3 Å². The van der Waals surface area contributed by atoms with Crippen molar-refractivity contribution in [1.82, 2.24) is 0 Å². The molecule has 7 heteroatoms. The Morgan fingerprint density at radius 3 is 2.30 bits per heavy atom. The molecule has 2 aromatic rings. The van der Waals surface area contributed by atoms with Crippen LogP contribution in [0, 0.1) is 0 Å². The molecule has 0 fully saturated rings. The van der Waals surface area contributed by atoms with E-state index in [1.54, 1.807) is 12.1 Å². The van der Waals surface area contributed by atoms with Crippen molar-refractivity contribution >= 4 is 11.8 Å². The molecule has 1 N–H and O–H groups in total. The molecule has 0 amide bonds. The number of aromatic hydroxyl groups is 1. The van der Waals surface area contributed by atoms with E-state index in [1.807, 2.05) is 0 Å². The van der Waals surface area contributed by atoms with Crippen LogP contribution in [0.2, 0.25) is 0 Å². The molecule has 27 heavy (non-hydrogen) atoms. The summed E-state index contributed by atoms with van der Waals surface area (Å²) in [5.74, 6) is 0.102. The number of esters is 1. The number of phenolic OH excluding ortho intramolecular Hbond substituents is 1. The average Bonchev–Trinajstić information content (AvgIpc) is 2.65. The highest BCUT2D eigenvalue weighted by Gasteiger charge is 2.35. The van der Waals surface area contributed by atoms with Gasteiger partial charge in [0.2, 0.25) is 0 Å². The molecular weight excluding hydrogens is 352 g/mol. The highest BCUT2D eigenvalue weighted by Crippen LogP contribution is 2.49.